The van der Waals surface area contributed by atoms with Gasteiger partial charge in [0.05, 0.1) is 4.83 Å². The van der Waals surface area contributed by atoms with Crippen LogP contribution in [-0.4, -0.2) is 0 Å². The molecule has 0 aliphatic heterocycles. The standard InChI is InChI=1S/C14H10Br2S2/c1-8-6-11(15)14(18-8)13(16)10-7-17-12-5-3-2-4-9(10)12/h2-7,13H,1H3. The SMILES string of the molecule is Cc1cc(Br)c(C(Br)c2csc3ccccc23)s1. The summed E-state index contributed by atoms with van der Waals surface area (Å²) in [5, 5.41) is 3.60. The molecule has 0 amide bonds. The normalized spacial score (nSPS) is 13.1. The Balaban J connectivity index is 2.12. The molecule has 0 aliphatic carbocycles. The van der Waals surface area contributed by atoms with Gasteiger partial charge < -0.3 is 0 Å². The maximum atomic E-state index is 3.85. The fourth-order valence-corrected chi connectivity index (χ4v) is 6.26. The number of hydrogen-bond donors (Lipinski definition) is 0. The monoisotopic (exact) mass is 400 g/mol. The van der Waals surface area contributed by atoms with Gasteiger partial charge in [-0.25, -0.2) is 0 Å². The van der Waals surface area contributed by atoms with Crippen LogP contribution >= 0.6 is 54.5 Å². The highest BCUT2D eigenvalue weighted by Gasteiger charge is 2.19. The average molecular weight is 402 g/mol. The van der Waals surface area contributed by atoms with Crippen molar-refractivity contribution in [3.63, 3.8) is 0 Å². The van der Waals surface area contributed by atoms with Crippen molar-refractivity contribution in [2.24, 2.45) is 0 Å². The van der Waals surface area contributed by atoms with Crippen molar-refractivity contribution in [3.8, 4) is 0 Å². The van der Waals surface area contributed by atoms with Crippen LogP contribution < -0.4 is 0 Å². The first kappa shape index (κ1) is 12.9. The van der Waals surface area contributed by atoms with E-state index >= 15 is 0 Å². The summed E-state index contributed by atoms with van der Waals surface area (Å²) in [6, 6.07) is 10.8. The van der Waals surface area contributed by atoms with E-state index in [-0.39, 0.29) is 4.83 Å². The summed E-state index contributed by atoms with van der Waals surface area (Å²) in [5.41, 5.74) is 1.36. The highest BCUT2D eigenvalue weighted by Crippen LogP contribution is 2.44. The summed E-state index contributed by atoms with van der Waals surface area (Å²) >= 11 is 11.1. The van der Waals surface area contributed by atoms with Crippen molar-refractivity contribution in [1.82, 2.24) is 0 Å². The topological polar surface area (TPSA) is 0 Å². The molecule has 3 aromatic rings. The van der Waals surface area contributed by atoms with E-state index in [1.807, 2.05) is 22.7 Å². The summed E-state index contributed by atoms with van der Waals surface area (Å²) in [5.74, 6) is 0. The van der Waals surface area contributed by atoms with Crippen LogP contribution in [0.15, 0.2) is 40.2 Å². The number of hydrogen-bond acceptors (Lipinski definition) is 2. The van der Waals surface area contributed by atoms with Crippen LogP contribution in [0.25, 0.3) is 10.1 Å². The lowest BCUT2D eigenvalue weighted by atomic mass is 10.1. The number of fused-ring (bicyclic) bond motifs is 1. The molecule has 92 valence electrons. The molecule has 0 N–H and O–H groups in total. The molecule has 1 aromatic carbocycles. The van der Waals surface area contributed by atoms with Crippen LogP contribution in [0.2, 0.25) is 0 Å². The Morgan fingerprint density at radius 2 is 2.00 bits per heavy atom. The molecule has 2 aromatic heterocycles. The minimum absolute atomic E-state index is 0.265. The summed E-state index contributed by atoms with van der Waals surface area (Å²) < 4.78 is 2.54. The van der Waals surface area contributed by atoms with E-state index in [0.717, 1.165) is 0 Å². The van der Waals surface area contributed by atoms with Gasteiger partial charge in [-0.15, -0.1) is 22.7 Å². The Kier molecular flexibility index (Phi) is 3.63. The van der Waals surface area contributed by atoms with Gasteiger partial charge in [-0.05, 0) is 51.3 Å². The molecule has 1 unspecified atom stereocenters. The van der Waals surface area contributed by atoms with E-state index in [1.54, 1.807) is 0 Å². The molecule has 0 radical (unpaired) electrons. The van der Waals surface area contributed by atoms with E-state index < -0.39 is 0 Å². The molecule has 0 saturated carbocycles. The predicted octanol–water partition coefficient (Wildman–Crippen LogP) is 6.52. The summed E-state index contributed by atoms with van der Waals surface area (Å²) in [7, 11) is 0. The second-order valence-corrected chi connectivity index (χ2v) is 8.09. The Labute approximate surface area is 131 Å². The maximum absolute atomic E-state index is 3.85. The first-order chi connectivity index (χ1) is 8.66. The first-order valence-corrected chi connectivity index (χ1v) is 8.93. The number of rotatable bonds is 2. The van der Waals surface area contributed by atoms with Gasteiger partial charge in [-0.1, -0.05) is 34.1 Å². The van der Waals surface area contributed by atoms with Crippen molar-refractivity contribution >= 4 is 64.6 Å². The van der Waals surface area contributed by atoms with Crippen molar-refractivity contribution in [2.45, 2.75) is 11.8 Å². The quantitative estimate of drug-likeness (QED) is 0.429. The van der Waals surface area contributed by atoms with Gasteiger partial charge in [0.15, 0.2) is 0 Å². The maximum Gasteiger partial charge on any atom is 0.0763 e. The number of halogens is 2. The third-order valence-corrected chi connectivity index (χ3v) is 7.12. The Bertz CT molecular complexity index is 697. The zero-order valence-corrected chi connectivity index (χ0v) is 14.4. The second-order valence-electron chi connectivity index (χ2n) is 4.12. The van der Waals surface area contributed by atoms with Gasteiger partial charge in [-0.2, -0.15) is 0 Å². The molecule has 18 heavy (non-hydrogen) atoms. The third-order valence-electron chi connectivity index (χ3n) is 2.85. The number of thiophene rings is 2. The molecular formula is C14H10Br2S2. The van der Waals surface area contributed by atoms with Crippen molar-refractivity contribution < 1.29 is 0 Å². The van der Waals surface area contributed by atoms with Gasteiger partial charge in [0, 0.05) is 18.9 Å². The molecule has 0 aliphatic rings. The number of alkyl halides is 1. The largest absolute Gasteiger partial charge is 0.143 e. The lowest BCUT2D eigenvalue weighted by Crippen LogP contribution is -1.88. The van der Waals surface area contributed by atoms with Crippen LogP contribution in [0.4, 0.5) is 0 Å². The lowest BCUT2D eigenvalue weighted by Gasteiger charge is -2.07. The number of benzene rings is 1. The lowest BCUT2D eigenvalue weighted by molar-refractivity contribution is 1.25. The highest BCUT2D eigenvalue weighted by atomic mass is 79.9. The minimum Gasteiger partial charge on any atom is -0.143 e. The molecular weight excluding hydrogens is 392 g/mol. The summed E-state index contributed by atoms with van der Waals surface area (Å²) in [4.78, 5) is 2.94. The fourth-order valence-electron chi connectivity index (χ4n) is 2.01. The Morgan fingerprint density at radius 3 is 2.72 bits per heavy atom. The second kappa shape index (κ2) is 5.08. The minimum atomic E-state index is 0.265. The highest BCUT2D eigenvalue weighted by molar-refractivity contribution is 9.11. The third kappa shape index (κ3) is 2.20. The van der Waals surface area contributed by atoms with E-state index in [4.69, 9.17) is 0 Å². The molecule has 0 nitrogen and oxygen atoms in total. The van der Waals surface area contributed by atoms with E-state index in [1.165, 1.54) is 29.9 Å². The Morgan fingerprint density at radius 1 is 1.22 bits per heavy atom. The predicted molar refractivity (Wildman–Crippen MR) is 89.4 cm³/mol. The van der Waals surface area contributed by atoms with Crippen LogP contribution in [0.3, 0.4) is 0 Å². The molecule has 1 atom stereocenters. The fraction of sp³-hybridized carbons (Fsp3) is 0.143. The van der Waals surface area contributed by atoms with E-state index in [0.29, 0.717) is 0 Å². The molecule has 0 saturated heterocycles. The van der Waals surface area contributed by atoms with Crippen LogP contribution in [-0.2, 0) is 0 Å². The zero-order chi connectivity index (χ0) is 12.7. The van der Waals surface area contributed by atoms with Gasteiger partial charge >= 0.3 is 0 Å². The smallest absolute Gasteiger partial charge is 0.0763 e. The van der Waals surface area contributed by atoms with Gasteiger partial charge in [-0.3, -0.25) is 0 Å². The van der Waals surface area contributed by atoms with Gasteiger partial charge in [0.1, 0.15) is 0 Å². The molecule has 0 spiro atoms. The van der Waals surface area contributed by atoms with E-state index in [9.17, 15) is 0 Å². The molecule has 2 heterocycles. The van der Waals surface area contributed by atoms with Crippen LogP contribution in [0, 0.1) is 6.92 Å². The van der Waals surface area contributed by atoms with Crippen LogP contribution in [0.5, 0.6) is 0 Å². The zero-order valence-electron chi connectivity index (χ0n) is 9.61. The van der Waals surface area contributed by atoms with Crippen LogP contribution in [0.1, 0.15) is 20.1 Å². The summed E-state index contributed by atoms with van der Waals surface area (Å²) in [6.07, 6.45) is 0. The van der Waals surface area contributed by atoms with Crippen molar-refractivity contribution in [1.29, 1.82) is 0 Å². The molecule has 0 fully saturated rings. The van der Waals surface area contributed by atoms with Gasteiger partial charge in [0.2, 0.25) is 0 Å². The molecule has 3 rings (SSSR count). The first-order valence-electron chi connectivity index (χ1n) is 5.53. The molecule has 0 bridgehead atoms. The van der Waals surface area contributed by atoms with Crippen molar-refractivity contribution in [2.75, 3.05) is 0 Å². The van der Waals surface area contributed by atoms with Gasteiger partial charge in [0.25, 0.3) is 0 Å². The Hall–Kier alpha value is -0.160. The van der Waals surface area contributed by atoms with E-state index in [2.05, 4.69) is 74.5 Å². The molecule has 4 heteroatoms. The number of aryl methyl sites for hydroxylation is 1. The summed E-state index contributed by atoms with van der Waals surface area (Å²) in [6.45, 7) is 2.14. The van der Waals surface area contributed by atoms with Crippen molar-refractivity contribution in [3.05, 3.63) is 55.5 Å². The average Bonchev–Trinajstić information content (AvgIpc) is 2.92.